The van der Waals surface area contributed by atoms with E-state index in [2.05, 4.69) is 9.98 Å². The van der Waals surface area contributed by atoms with Crippen molar-refractivity contribution in [1.29, 1.82) is 0 Å². The molecular formula is C16H20N2O2. The van der Waals surface area contributed by atoms with Crippen molar-refractivity contribution in [3.8, 4) is 0 Å². The summed E-state index contributed by atoms with van der Waals surface area (Å²) in [6.45, 7) is 0.686. The second-order valence-electron chi connectivity index (χ2n) is 6.17. The molecule has 106 valence electrons. The van der Waals surface area contributed by atoms with E-state index in [0.717, 1.165) is 23.3 Å². The van der Waals surface area contributed by atoms with Crippen molar-refractivity contribution < 1.29 is 9.84 Å². The number of aliphatic hydroxyl groups excluding tert-OH is 1. The van der Waals surface area contributed by atoms with Crippen LogP contribution in [0.3, 0.4) is 0 Å². The lowest BCUT2D eigenvalue weighted by Gasteiger charge is -2.37. The Bertz CT molecular complexity index is 537. The van der Waals surface area contributed by atoms with E-state index in [9.17, 15) is 5.11 Å². The number of hydrogen-bond donors (Lipinski definition) is 1. The van der Waals surface area contributed by atoms with Gasteiger partial charge < -0.3 is 9.84 Å². The number of nitrogens with zero attached hydrogens (tertiary/aromatic N) is 2. The molecule has 0 bridgehead atoms. The maximum Gasteiger partial charge on any atom is 0.171 e. The van der Waals surface area contributed by atoms with Gasteiger partial charge in [-0.1, -0.05) is 12.8 Å². The average Bonchev–Trinajstić information content (AvgIpc) is 3.01. The van der Waals surface area contributed by atoms with E-state index in [4.69, 9.17) is 4.74 Å². The van der Waals surface area contributed by atoms with Crippen LogP contribution in [0.4, 0.5) is 0 Å². The van der Waals surface area contributed by atoms with E-state index >= 15 is 0 Å². The van der Waals surface area contributed by atoms with E-state index < -0.39 is 6.23 Å². The Morgan fingerprint density at radius 2 is 2.05 bits per heavy atom. The molecular weight excluding hydrogens is 252 g/mol. The molecule has 1 aromatic rings. The molecule has 1 saturated carbocycles. The molecule has 1 saturated heterocycles. The fourth-order valence-corrected chi connectivity index (χ4v) is 3.94. The normalized spacial score (nSPS) is 33.5. The Hall–Kier alpha value is -1.26. The summed E-state index contributed by atoms with van der Waals surface area (Å²) >= 11 is 0. The molecule has 3 atom stereocenters. The average molecular weight is 272 g/mol. The van der Waals surface area contributed by atoms with Crippen LogP contribution in [-0.2, 0) is 4.74 Å². The predicted molar refractivity (Wildman–Crippen MR) is 75.7 cm³/mol. The zero-order chi connectivity index (χ0) is 13.5. The predicted octanol–water partition coefficient (Wildman–Crippen LogP) is 2.59. The summed E-state index contributed by atoms with van der Waals surface area (Å²) in [6, 6.07) is 1.86. The first-order chi connectivity index (χ1) is 9.83. The molecule has 3 heterocycles. The van der Waals surface area contributed by atoms with Crippen LogP contribution >= 0.6 is 0 Å². The van der Waals surface area contributed by atoms with E-state index in [1.807, 2.05) is 12.3 Å². The Morgan fingerprint density at radius 1 is 1.20 bits per heavy atom. The maximum absolute atomic E-state index is 10.2. The Morgan fingerprint density at radius 3 is 2.90 bits per heavy atom. The second-order valence-corrected chi connectivity index (χ2v) is 6.17. The Balaban J connectivity index is 1.60. The van der Waals surface area contributed by atoms with E-state index in [-0.39, 0.29) is 5.92 Å². The fourth-order valence-electron chi connectivity index (χ4n) is 3.94. The molecule has 3 aliphatic rings. The van der Waals surface area contributed by atoms with Gasteiger partial charge in [-0.15, -0.1) is 0 Å². The molecule has 2 fully saturated rings. The minimum atomic E-state index is -0.721. The largest absolute Gasteiger partial charge is 0.377 e. The zero-order valence-electron chi connectivity index (χ0n) is 11.5. The summed E-state index contributed by atoms with van der Waals surface area (Å²) in [5, 5.41) is 10.2. The molecule has 0 spiro atoms. The Labute approximate surface area is 118 Å². The summed E-state index contributed by atoms with van der Waals surface area (Å²) in [7, 11) is 0. The molecule has 1 N–H and O–H groups in total. The summed E-state index contributed by atoms with van der Waals surface area (Å²) in [5.74, 6) is 0.880. The van der Waals surface area contributed by atoms with Gasteiger partial charge in [-0.2, -0.15) is 0 Å². The van der Waals surface area contributed by atoms with Crippen LogP contribution in [0.15, 0.2) is 23.5 Å². The number of ether oxygens (including phenoxy) is 1. The van der Waals surface area contributed by atoms with Gasteiger partial charge in [-0.25, -0.2) is 0 Å². The van der Waals surface area contributed by atoms with Crippen LogP contribution in [0.25, 0.3) is 0 Å². The van der Waals surface area contributed by atoms with Crippen LogP contribution in [0.2, 0.25) is 0 Å². The molecule has 0 radical (unpaired) electrons. The monoisotopic (exact) mass is 272 g/mol. The van der Waals surface area contributed by atoms with Gasteiger partial charge in [-0.3, -0.25) is 9.98 Å². The maximum atomic E-state index is 10.2. The van der Waals surface area contributed by atoms with E-state index in [1.165, 1.54) is 25.7 Å². The number of aliphatic hydroxyl groups is 1. The van der Waals surface area contributed by atoms with Crippen molar-refractivity contribution in [2.24, 2.45) is 10.9 Å². The Kier molecular flexibility index (Phi) is 3.08. The van der Waals surface area contributed by atoms with Crippen LogP contribution in [0, 0.1) is 5.92 Å². The fraction of sp³-hybridized carbons (Fsp3) is 0.625. The van der Waals surface area contributed by atoms with Gasteiger partial charge in [0, 0.05) is 36.0 Å². The third-order valence-electron chi connectivity index (χ3n) is 5.04. The van der Waals surface area contributed by atoms with E-state index in [1.54, 1.807) is 6.20 Å². The molecule has 2 aliphatic heterocycles. The number of pyridine rings is 1. The number of rotatable bonds is 1. The molecule has 1 aliphatic carbocycles. The summed E-state index contributed by atoms with van der Waals surface area (Å²) in [5.41, 5.74) is 3.09. The van der Waals surface area contributed by atoms with Crippen molar-refractivity contribution in [2.75, 3.05) is 6.61 Å². The molecule has 0 aromatic carbocycles. The topological polar surface area (TPSA) is 54.7 Å². The molecule has 20 heavy (non-hydrogen) atoms. The molecule has 1 aromatic heterocycles. The molecule has 4 heteroatoms. The SMILES string of the molecule is OC1N=C2CC(C3CCCC3)OCC2c2cnccc21. The summed E-state index contributed by atoms with van der Waals surface area (Å²) in [6.07, 6.45) is 9.25. The molecule has 0 amide bonds. The highest BCUT2D eigenvalue weighted by Crippen LogP contribution is 2.40. The lowest BCUT2D eigenvalue weighted by Crippen LogP contribution is -2.38. The molecule has 3 unspecified atom stereocenters. The summed E-state index contributed by atoms with van der Waals surface area (Å²) < 4.78 is 6.13. The highest BCUT2D eigenvalue weighted by molar-refractivity contribution is 5.93. The van der Waals surface area contributed by atoms with Crippen LogP contribution < -0.4 is 0 Å². The van der Waals surface area contributed by atoms with Gasteiger partial charge in [0.05, 0.1) is 12.7 Å². The van der Waals surface area contributed by atoms with Crippen LogP contribution in [-0.4, -0.2) is 28.5 Å². The highest BCUT2D eigenvalue weighted by atomic mass is 16.5. The quantitative estimate of drug-likeness (QED) is 0.855. The lowest BCUT2D eigenvalue weighted by atomic mass is 9.82. The van der Waals surface area contributed by atoms with Gasteiger partial charge in [0.1, 0.15) is 0 Å². The first-order valence-corrected chi connectivity index (χ1v) is 7.63. The van der Waals surface area contributed by atoms with Gasteiger partial charge in [0.25, 0.3) is 0 Å². The number of hydrogen-bond acceptors (Lipinski definition) is 4. The molecule has 4 rings (SSSR count). The van der Waals surface area contributed by atoms with Crippen molar-refractivity contribution in [3.63, 3.8) is 0 Å². The number of aliphatic imine (C=N–C) groups is 1. The number of aromatic nitrogens is 1. The van der Waals surface area contributed by atoms with Gasteiger partial charge in [0.2, 0.25) is 0 Å². The van der Waals surface area contributed by atoms with Crippen molar-refractivity contribution >= 4 is 5.71 Å². The van der Waals surface area contributed by atoms with Gasteiger partial charge in [-0.05, 0) is 30.4 Å². The van der Waals surface area contributed by atoms with Crippen LogP contribution in [0.5, 0.6) is 0 Å². The van der Waals surface area contributed by atoms with Gasteiger partial charge >= 0.3 is 0 Å². The minimum absolute atomic E-state index is 0.194. The standard InChI is InChI=1S/C16H20N2O2/c19-16-11-5-6-17-8-12(11)13-9-20-15(7-14(13)18-16)10-3-1-2-4-10/h5-6,8,10,13,15-16,19H,1-4,7,9H2. The number of fused-ring (bicyclic) bond motifs is 3. The first-order valence-electron chi connectivity index (χ1n) is 7.63. The second kappa shape index (κ2) is 4.93. The highest BCUT2D eigenvalue weighted by Gasteiger charge is 2.38. The third-order valence-corrected chi connectivity index (χ3v) is 5.04. The minimum Gasteiger partial charge on any atom is -0.377 e. The summed E-state index contributed by atoms with van der Waals surface area (Å²) in [4.78, 5) is 8.73. The first kappa shape index (κ1) is 12.5. The third kappa shape index (κ3) is 1.98. The lowest BCUT2D eigenvalue weighted by molar-refractivity contribution is 0.00233. The van der Waals surface area contributed by atoms with Crippen molar-refractivity contribution in [3.05, 3.63) is 29.6 Å². The zero-order valence-corrected chi connectivity index (χ0v) is 11.5. The van der Waals surface area contributed by atoms with Crippen molar-refractivity contribution in [1.82, 2.24) is 4.98 Å². The van der Waals surface area contributed by atoms with E-state index in [0.29, 0.717) is 18.6 Å². The molecule has 4 nitrogen and oxygen atoms in total. The smallest absolute Gasteiger partial charge is 0.171 e. The van der Waals surface area contributed by atoms with Crippen molar-refractivity contribution in [2.45, 2.75) is 50.4 Å². The van der Waals surface area contributed by atoms with Gasteiger partial charge in [0.15, 0.2) is 6.23 Å². The van der Waals surface area contributed by atoms with Crippen LogP contribution in [0.1, 0.15) is 55.4 Å².